The van der Waals surface area contributed by atoms with Gasteiger partial charge < -0.3 is 15.6 Å². The highest BCUT2D eigenvalue weighted by atomic mass is 16.2. The van der Waals surface area contributed by atoms with Crippen LogP contribution < -0.4 is 21.7 Å². The SMILES string of the molecule is C=CCNC1(N)NC(=O)c2[nH]cnc2N1. The lowest BCUT2D eigenvalue weighted by atomic mass is 10.3. The summed E-state index contributed by atoms with van der Waals surface area (Å²) in [5.41, 5.74) is 6.23. The van der Waals surface area contributed by atoms with Gasteiger partial charge in [-0.1, -0.05) is 6.08 Å². The number of nitrogens with zero attached hydrogens (tertiary/aromatic N) is 1. The van der Waals surface area contributed by atoms with Crippen molar-refractivity contribution in [2.45, 2.75) is 5.91 Å². The van der Waals surface area contributed by atoms with Crippen LogP contribution in [-0.2, 0) is 0 Å². The lowest BCUT2D eigenvalue weighted by Crippen LogP contribution is -2.72. The largest absolute Gasteiger partial charge is 0.339 e. The van der Waals surface area contributed by atoms with Gasteiger partial charge in [-0.05, 0) is 0 Å². The summed E-state index contributed by atoms with van der Waals surface area (Å²) in [5, 5.41) is 8.30. The minimum Gasteiger partial charge on any atom is -0.339 e. The van der Waals surface area contributed by atoms with Crippen LogP contribution in [0, 0.1) is 0 Å². The Labute approximate surface area is 86.1 Å². The summed E-state index contributed by atoms with van der Waals surface area (Å²) >= 11 is 0. The van der Waals surface area contributed by atoms with Gasteiger partial charge in [-0.3, -0.25) is 15.8 Å². The highest BCUT2D eigenvalue weighted by Crippen LogP contribution is 2.16. The van der Waals surface area contributed by atoms with E-state index in [2.05, 4.69) is 32.5 Å². The number of carbonyl (C=O) groups is 1. The number of imidazole rings is 1. The number of rotatable bonds is 3. The molecule has 7 nitrogen and oxygen atoms in total. The van der Waals surface area contributed by atoms with Crippen molar-refractivity contribution in [1.29, 1.82) is 0 Å². The summed E-state index contributed by atoms with van der Waals surface area (Å²) in [6.45, 7) is 4.01. The Morgan fingerprint density at radius 1 is 1.67 bits per heavy atom. The van der Waals surface area contributed by atoms with Crippen LogP contribution in [-0.4, -0.2) is 28.3 Å². The topological polar surface area (TPSA) is 108 Å². The minimum atomic E-state index is -1.19. The Hall–Kier alpha value is -1.86. The van der Waals surface area contributed by atoms with Gasteiger partial charge in [-0.25, -0.2) is 4.98 Å². The van der Waals surface area contributed by atoms with Crippen LogP contribution in [0.4, 0.5) is 5.82 Å². The number of H-pyrrole nitrogens is 1. The molecule has 1 aromatic heterocycles. The van der Waals surface area contributed by atoms with E-state index >= 15 is 0 Å². The van der Waals surface area contributed by atoms with Crippen molar-refractivity contribution in [3.05, 3.63) is 24.7 Å². The van der Waals surface area contributed by atoms with E-state index in [-0.39, 0.29) is 5.91 Å². The van der Waals surface area contributed by atoms with Crippen molar-refractivity contribution in [2.75, 3.05) is 11.9 Å². The first-order valence-corrected chi connectivity index (χ1v) is 4.43. The van der Waals surface area contributed by atoms with Gasteiger partial charge in [0.25, 0.3) is 5.91 Å². The fourth-order valence-corrected chi connectivity index (χ4v) is 1.34. The number of hydrogen-bond donors (Lipinski definition) is 5. The van der Waals surface area contributed by atoms with E-state index in [1.54, 1.807) is 6.08 Å². The van der Waals surface area contributed by atoms with Crippen molar-refractivity contribution in [3.63, 3.8) is 0 Å². The van der Waals surface area contributed by atoms with Gasteiger partial charge in [-0.2, -0.15) is 0 Å². The summed E-state index contributed by atoms with van der Waals surface area (Å²) in [6, 6.07) is 0. The molecule has 1 unspecified atom stereocenters. The van der Waals surface area contributed by atoms with Crippen LogP contribution in [0.1, 0.15) is 10.5 Å². The molecule has 1 aliphatic rings. The van der Waals surface area contributed by atoms with Crippen LogP contribution in [0.5, 0.6) is 0 Å². The molecule has 0 radical (unpaired) electrons. The summed E-state index contributed by atoms with van der Waals surface area (Å²) in [6.07, 6.45) is 3.07. The smallest absolute Gasteiger partial charge is 0.275 e. The van der Waals surface area contributed by atoms with Crippen molar-refractivity contribution < 1.29 is 4.79 Å². The number of nitrogens with one attached hydrogen (secondary N) is 4. The minimum absolute atomic E-state index is 0.305. The van der Waals surface area contributed by atoms with Crippen molar-refractivity contribution in [3.8, 4) is 0 Å². The van der Waals surface area contributed by atoms with Crippen LogP contribution in [0.15, 0.2) is 19.0 Å². The number of hydrogen-bond acceptors (Lipinski definition) is 5. The highest BCUT2D eigenvalue weighted by Gasteiger charge is 2.34. The van der Waals surface area contributed by atoms with Gasteiger partial charge in [0.05, 0.1) is 6.33 Å². The second-order valence-corrected chi connectivity index (χ2v) is 3.18. The Kier molecular flexibility index (Phi) is 2.18. The second kappa shape index (κ2) is 3.37. The standard InChI is InChI=1S/C8H12N6O/c1-2-3-12-8(9)13-6-5(7(15)14-8)10-4-11-6/h2,4,12-13H,1,3,9H2,(H,10,11)(H,14,15). The average molecular weight is 208 g/mol. The fourth-order valence-electron chi connectivity index (χ4n) is 1.34. The van der Waals surface area contributed by atoms with Gasteiger partial charge in [-0.15, -0.1) is 6.58 Å². The lowest BCUT2D eigenvalue weighted by Gasteiger charge is -2.35. The predicted molar refractivity (Wildman–Crippen MR) is 54.8 cm³/mol. The number of anilines is 1. The summed E-state index contributed by atoms with van der Waals surface area (Å²) in [7, 11) is 0. The molecule has 0 bridgehead atoms. The molecular weight excluding hydrogens is 196 g/mol. The molecule has 1 amide bonds. The number of amides is 1. The second-order valence-electron chi connectivity index (χ2n) is 3.18. The van der Waals surface area contributed by atoms with E-state index in [0.717, 1.165) is 0 Å². The van der Waals surface area contributed by atoms with E-state index in [9.17, 15) is 4.79 Å². The van der Waals surface area contributed by atoms with Crippen molar-refractivity contribution >= 4 is 11.7 Å². The number of aromatic amines is 1. The first kappa shape index (κ1) is 9.69. The number of carbonyl (C=O) groups excluding carboxylic acids is 1. The third kappa shape index (κ3) is 1.69. The van der Waals surface area contributed by atoms with Gasteiger partial charge in [0, 0.05) is 6.54 Å². The number of aromatic nitrogens is 2. The normalized spacial score (nSPS) is 23.9. The Morgan fingerprint density at radius 3 is 3.20 bits per heavy atom. The molecule has 0 saturated carbocycles. The maximum atomic E-state index is 11.6. The summed E-state index contributed by atoms with van der Waals surface area (Å²) < 4.78 is 0. The lowest BCUT2D eigenvalue weighted by molar-refractivity contribution is 0.0881. The number of fused-ring (bicyclic) bond motifs is 1. The van der Waals surface area contributed by atoms with Crippen LogP contribution >= 0.6 is 0 Å². The quantitative estimate of drug-likeness (QED) is 0.320. The Morgan fingerprint density at radius 2 is 2.47 bits per heavy atom. The van der Waals surface area contributed by atoms with Crippen LogP contribution in [0.3, 0.4) is 0 Å². The molecule has 0 aliphatic carbocycles. The zero-order valence-electron chi connectivity index (χ0n) is 8.00. The van der Waals surface area contributed by atoms with E-state index < -0.39 is 5.91 Å². The molecule has 0 fully saturated rings. The van der Waals surface area contributed by atoms with Gasteiger partial charge in [0.15, 0.2) is 5.82 Å². The van der Waals surface area contributed by atoms with E-state index in [1.165, 1.54) is 6.33 Å². The molecule has 1 aliphatic heterocycles. The van der Waals surface area contributed by atoms with Crippen LogP contribution in [0.25, 0.3) is 0 Å². The Balaban J connectivity index is 2.21. The van der Waals surface area contributed by atoms with E-state index in [4.69, 9.17) is 5.73 Å². The molecule has 15 heavy (non-hydrogen) atoms. The van der Waals surface area contributed by atoms with Crippen molar-refractivity contribution in [2.24, 2.45) is 5.73 Å². The molecule has 1 atom stereocenters. The predicted octanol–water partition coefficient (Wildman–Crippen LogP) is -1.09. The zero-order valence-corrected chi connectivity index (χ0v) is 8.00. The van der Waals surface area contributed by atoms with Gasteiger partial charge >= 0.3 is 0 Å². The van der Waals surface area contributed by atoms with E-state index in [0.29, 0.717) is 18.1 Å². The molecule has 0 spiro atoms. The van der Waals surface area contributed by atoms with Crippen LogP contribution in [0.2, 0.25) is 0 Å². The molecule has 2 heterocycles. The van der Waals surface area contributed by atoms with Crippen molar-refractivity contribution in [1.82, 2.24) is 20.6 Å². The van der Waals surface area contributed by atoms with E-state index in [1.807, 2.05) is 0 Å². The third-order valence-corrected chi connectivity index (χ3v) is 2.02. The molecule has 1 aromatic rings. The third-order valence-electron chi connectivity index (χ3n) is 2.02. The van der Waals surface area contributed by atoms with Gasteiger partial charge in [0.2, 0.25) is 5.91 Å². The maximum absolute atomic E-state index is 11.6. The first-order chi connectivity index (χ1) is 7.14. The summed E-state index contributed by atoms with van der Waals surface area (Å²) in [5.74, 6) is -1.06. The Bertz CT molecular complexity index is 400. The fraction of sp³-hybridized carbons (Fsp3) is 0.250. The maximum Gasteiger partial charge on any atom is 0.275 e. The zero-order chi connectivity index (χ0) is 10.9. The highest BCUT2D eigenvalue weighted by molar-refractivity contribution is 5.99. The molecule has 0 aromatic carbocycles. The number of nitrogens with two attached hydrogens (primary N) is 1. The van der Waals surface area contributed by atoms with Gasteiger partial charge in [0.1, 0.15) is 5.69 Å². The molecule has 7 heteroatoms. The monoisotopic (exact) mass is 208 g/mol. The molecule has 0 saturated heterocycles. The summed E-state index contributed by atoms with van der Waals surface area (Å²) in [4.78, 5) is 18.2. The average Bonchev–Trinajstić information content (AvgIpc) is 2.62. The molecular formula is C8H12N6O. The molecule has 80 valence electrons. The first-order valence-electron chi connectivity index (χ1n) is 4.43. The molecule has 2 rings (SSSR count). The molecule has 6 N–H and O–H groups in total.